The number of carbonyl (C=O) groups excluding carboxylic acids is 2. The molecule has 10 heteroatoms. The summed E-state index contributed by atoms with van der Waals surface area (Å²) >= 11 is 0. The van der Waals surface area contributed by atoms with E-state index in [9.17, 15) is 19.0 Å². The number of phosphoric acid groups is 1. The maximum Gasteiger partial charge on any atom is 0.472 e. The first kappa shape index (κ1) is 81.5. The van der Waals surface area contributed by atoms with E-state index in [1.54, 1.807) is 0 Å². The van der Waals surface area contributed by atoms with Crippen LogP contribution < -0.4 is 5.32 Å². The number of amides is 1. The van der Waals surface area contributed by atoms with Gasteiger partial charge in [0.15, 0.2) is 0 Å². The Balaban J connectivity index is 5.10. The van der Waals surface area contributed by atoms with E-state index < -0.39 is 20.0 Å². The number of allylic oxidation sites excluding steroid dienone is 11. The van der Waals surface area contributed by atoms with Gasteiger partial charge in [0.1, 0.15) is 19.3 Å². The molecule has 0 aromatic heterocycles. The summed E-state index contributed by atoms with van der Waals surface area (Å²) in [5.41, 5.74) is 0. The van der Waals surface area contributed by atoms with Gasteiger partial charge in [-0.25, -0.2) is 4.57 Å². The van der Waals surface area contributed by atoms with Gasteiger partial charge in [0, 0.05) is 12.8 Å². The number of rotatable bonds is 65. The summed E-state index contributed by atoms with van der Waals surface area (Å²) in [5.74, 6) is -0.508. The first-order chi connectivity index (χ1) is 40.9. The van der Waals surface area contributed by atoms with Gasteiger partial charge in [-0.1, -0.05) is 293 Å². The number of nitrogens with one attached hydrogen (secondary N) is 1. The van der Waals surface area contributed by atoms with Gasteiger partial charge in [-0.05, 0) is 102 Å². The quantitative estimate of drug-likeness (QED) is 0.0205. The Hall–Kier alpha value is -2.55. The summed E-state index contributed by atoms with van der Waals surface area (Å²) in [6.45, 7) is 7.01. The topological polar surface area (TPSA) is 111 Å². The molecule has 0 aromatic carbocycles. The summed E-state index contributed by atoms with van der Waals surface area (Å²) in [4.78, 5) is 37.9. The Kier molecular flexibility index (Phi) is 61.5. The van der Waals surface area contributed by atoms with Gasteiger partial charge >= 0.3 is 13.8 Å². The Morgan fingerprint density at radius 2 is 0.726 bits per heavy atom. The van der Waals surface area contributed by atoms with Gasteiger partial charge in [-0.3, -0.25) is 18.6 Å². The molecule has 0 heterocycles. The predicted molar refractivity (Wildman–Crippen MR) is 365 cm³/mol. The summed E-state index contributed by atoms with van der Waals surface area (Å²) < 4.78 is 30.8. The molecule has 0 aliphatic carbocycles. The highest BCUT2D eigenvalue weighted by atomic mass is 31.2. The largest absolute Gasteiger partial charge is 0.472 e. The van der Waals surface area contributed by atoms with Crippen LogP contribution in [0.3, 0.4) is 0 Å². The number of phosphoric ester groups is 1. The first-order valence-electron chi connectivity index (χ1n) is 35.8. The fraction of sp³-hybridized carbons (Fsp3) is 0.811. The van der Waals surface area contributed by atoms with Gasteiger partial charge < -0.3 is 19.4 Å². The van der Waals surface area contributed by atoms with Crippen LogP contribution in [0, 0.1) is 0 Å². The third kappa shape index (κ3) is 63.9. The second-order valence-electron chi connectivity index (χ2n) is 25.4. The zero-order valence-corrected chi connectivity index (χ0v) is 57.0. The van der Waals surface area contributed by atoms with Crippen LogP contribution in [0.5, 0.6) is 0 Å². The van der Waals surface area contributed by atoms with Crippen LogP contribution >= 0.6 is 7.82 Å². The molecular weight excluding hydrogens is 1060 g/mol. The lowest BCUT2D eigenvalue weighted by molar-refractivity contribution is -0.870. The van der Waals surface area contributed by atoms with E-state index in [2.05, 4.69) is 86.8 Å². The lowest BCUT2D eigenvalue weighted by atomic mass is 10.0. The first-order valence-corrected chi connectivity index (χ1v) is 37.3. The highest BCUT2D eigenvalue weighted by Crippen LogP contribution is 2.43. The maximum atomic E-state index is 13.6. The lowest BCUT2D eigenvalue weighted by Gasteiger charge is -2.27. The molecule has 0 spiro atoms. The fourth-order valence-electron chi connectivity index (χ4n) is 10.3. The zero-order chi connectivity index (χ0) is 61.4. The molecule has 0 bridgehead atoms. The molecule has 0 saturated heterocycles. The molecule has 1 amide bonds. The summed E-state index contributed by atoms with van der Waals surface area (Å²) in [6.07, 6.45) is 83.4. The monoisotopic (exact) mass is 1200 g/mol. The van der Waals surface area contributed by atoms with E-state index in [1.165, 1.54) is 212 Å². The average Bonchev–Trinajstić information content (AvgIpc) is 3.65. The molecule has 0 aromatic rings. The Morgan fingerprint density at radius 3 is 1.12 bits per heavy atom. The average molecular weight is 1200 g/mol. The summed E-state index contributed by atoms with van der Waals surface area (Å²) in [6, 6.07) is -0.856. The van der Waals surface area contributed by atoms with E-state index in [4.69, 9.17) is 13.8 Å². The SMILES string of the molecule is CCCCC/C=C\C/C=C\C/C=C\C/C=C\CCCCCCCCCC(=O)OC(/C=C/CCCCCCCCCCCC)C(COP(=O)(O)OCC[N+](C)(C)C)NC(=O)CCCCCCCCCCCCCCC/C=C/CCCCCCCC. The zero-order valence-electron chi connectivity index (χ0n) is 56.1. The number of unbranched alkanes of at least 4 members (excludes halogenated alkanes) is 39. The van der Waals surface area contributed by atoms with E-state index >= 15 is 0 Å². The number of likely N-dealkylation sites (N-methyl/N-ethyl adjacent to an activating group) is 1. The Morgan fingerprint density at radius 1 is 0.417 bits per heavy atom. The van der Waals surface area contributed by atoms with Crippen molar-refractivity contribution in [1.29, 1.82) is 0 Å². The van der Waals surface area contributed by atoms with Crippen LogP contribution in [-0.4, -0.2) is 74.3 Å². The number of nitrogens with zero attached hydrogens (tertiary/aromatic N) is 1. The van der Waals surface area contributed by atoms with Crippen molar-refractivity contribution in [1.82, 2.24) is 5.32 Å². The third-order valence-corrected chi connectivity index (χ3v) is 16.9. The minimum Gasteiger partial charge on any atom is -0.456 e. The molecule has 0 saturated carbocycles. The van der Waals surface area contributed by atoms with Gasteiger partial charge in [-0.2, -0.15) is 0 Å². The molecule has 84 heavy (non-hydrogen) atoms. The van der Waals surface area contributed by atoms with Crippen molar-refractivity contribution in [3.63, 3.8) is 0 Å². The Bertz CT molecular complexity index is 1670. The minimum atomic E-state index is -4.46. The maximum absolute atomic E-state index is 13.6. The fourth-order valence-corrected chi connectivity index (χ4v) is 11.1. The van der Waals surface area contributed by atoms with Crippen LogP contribution in [0.1, 0.15) is 335 Å². The second kappa shape index (κ2) is 63.5. The molecule has 2 N–H and O–H groups in total. The van der Waals surface area contributed by atoms with Crippen molar-refractivity contribution in [2.24, 2.45) is 0 Å². The number of ether oxygens (including phenoxy) is 1. The van der Waals surface area contributed by atoms with Gasteiger partial charge in [-0.15, -0.1) is 0 Å². The number of quaternary nitrogens is 1. The molecule has 0 aliphatic heterocycles. The highest BCUT2D eigenvalue weighted by Gasteiger charge is 2.30. The van der Waals surface area contributed by atoms with Crippen LogP contribution in [0.15, 0.2) is 72.9 Å². The number of hydrogen-bond acceptors (Lipinski definition) is 6. The van der Waals surface area contributed by atoms with Crippen LogP contribution in [0.25, 0.3) is 0 Å². The van der Waals surface area contributed by atoms with Crippen LogP contribution in [-0.2, 0) is 27.9 Å². The molecular formula is C74H138N2O7P+. The van der Waals surface area contributed by atoms with Crippen molar-refractivity contribution in [3.05, 3.63) is 72.9 Å². The molecule has 490 valence electrons. The number of hydrogen-bond donors (Lipinski definition) is 2. The van der Waals surface area contributed by atoms with E-state index in [0.717, 1.165) is 89.9 Å². The molecule has 0 radical (unpaired) electrons. The molecule has 0 rings (SSSR count). The normalized spacial score (nSPS) is 13.9. The van der Waals surface area contributed by atoms with Crippen molar-refractivity contribution in [3.8, 4) is 0 Å². The van der Waals surface area contributed by atoms with Crippen LogP contribution in [0.2, 0.25) is 0 Å². The smallest absolute Gasteiger partial charge is 0.456 e. The van der Waals surface area contributed by atoms with Crippen molar-refractivity contribution in [2.45, 2.75) is 348 Å². The lowest BCUT2D eigenvalue weighted by Crippen LogP contribution is -2.47. The van der Waals surface area contributed by atoms with Crippen molar-refractivity contribution < 1.29 is 37.3 Å². The predicted octanol–water partition coefficient (Wildman–Crippen LogP) is 22.7. The summed E-state index contributed by atoms with van der Waals surface area (Å²) in [7, 11) is 1.49. The van der Waals surface area contributed by atoms with Crippen molar-refractivity contribution in [2.75, 3.05) is 40.9 Å². The molecule has 0 fully saturated rings. The Labute approximate surface area is 521 Å². The number of esters is 1. The summed E-state index contributed by atoms with van der Waals surface area (Å²) in [5, 5.41) is 3.07. The van der Waals surface area contributed by atoms with Gasteiger partial charge in [0.2, 0.25) is 5.91 Å². The van der Waals surface area contributed by atoms with E-state index in [0.29, 0.717) is 17.4 Å². The molecule has 3 unspecified atom stereocenters. The molecule has 3 atom stereocenters. The van der Waals surface area contributed by atoms with Crippen molar-refractivity contribution >= 4 is 19.7 Å². The molecule has 0 aliphatic rings. The van der Waals surface area contributed by atoms with Crippen LogP contribution in [0.4, 0.5) is 0 Å². The third-order valence-electron chi connectivity index (χ3n) is 15.9. The standard InChI is InChI=1S/C74H137N2O7P/c1-7-10-13-16-19-22-25-28-30-32-34-36-38-40-42-44-46-48-51-54-57-60-63-66-73(77)75-71(70-82-84(79,80)81-69-68-76(4,5)6)72(65-62-59-56-53-50-27-24-21-18-15-12-9-3)83-74(78)67-64-61-58-55-52-49-47-45-43-41-39-37-35-33-31-29-26-23-20-17-14-11-8-2/h20,23,28-31,35,37,41,43,62,65,71-72H,7-19,21-22,24-27,32-34,36,38-40,42,44-61,63-64,66-70H2,1-6H3,(H-,75,77,79,80)/p+1/b23-20-,30-28+,31-29-,37-35-,43-41-,65-62+. The van der Waals surface area contributed by atoms with E-state index in [-0.39, 0.29) is 31.5 Å². The number of carbonyl (C=O) groups is 2. The van der Waals surface area contributed by atoms with Gasteiger partial charge in [0.25, 0.3) is 0 Å². The minimum absolute atomic E-state index is 0.0372. The second-order valence-corrected chi connectivity index (χ2v) is 26.9. The van der Waals surface area contributed by atoms with Gasteiger partial charge in [0.05, 0.1) is 33.8 Å². The highest BCUT2D eigenvalue weighted by molar-refractivity contribution is 7.47. The molecule has 9 nitrogen and oxygen atoms in total. The van der Waals surface area contributed by atoms with E-state index in [1.807, 2.05) is 33.3 Å².